The highest BCUT2D eigenvalue weighted by atomic mass is 16.1. The highest BCUT2D eigenvalue weighted by molar-refractivity contribution is 5.83. The number of hydrogen-bond acceptors (Lipinski definition) is 2. The van der Waals surface area contributed by atoms with Crippen LogP contribution in [0.4, 0.5) is 0 Å². The fraction of sp³-hybridized carbons (Fsp3) is 0.900. The van der Waals surface area contributed by atoms with Gasteiger partial charge in [-0.1, -0.05) is 34.6 Å². The van der Waals surface area contributed by atoms with Crippen molar-refractivity contribution in [1.82, 2.24) is 5.32 Å². The zero-order valence-corrected chi connectivity index (χ0v) is 8.85. The monoisotopic (exact) mass is 171 g/mol. The van der Waals surface area contributed by atoms with Crippen molar-refractivity contribution in [3.63, 3.8) is 0 Å². The number of rotatable bonds is 5. The molecule has 0 spiro atoms. The van der Waals surface area contributed by atoms with Gasteiger partial charge in [-0.05, 0) is 5.92 Å². The van der Waals surface area contributed by atoms with E-state index in [2.05, 4.69) is 33.0 Å². The Morgan fingerprint density at radius 2 is 1.75 bits per heavy atom. The number of Topliss-reactive ketones (excluding diaryl/α,β-unsaturated/α-hetero) is 1. The largest absolute Gasteiger partial charge is 0.305 e. The lowest BCUT2D eigenvalue weighted by molar-refractivity contribution is -0.121. The maximum Gasteiger partial charge on any atom is 0.149 e. The summed E-state index contributed by atoms with van der Waals surface area (Å²) in [4.78, 5) is 11.4. The zero-order chi connectivity index (χ0) is 9.72. The van der Waals surface area contributed by atoms with Crippen molar-refractivity contribution in [2.75, 3.05) is 0 Å². The number of carbonyl (C=O) groups excluding carboxylic acids is 1. The van der Waals surface area contributed by atoms with Crippen LogP contribution in [-0.4, -0.2) is 17.9 Å². The van der Waals surface area contributed by atoms with Crippen molar-refractivity contribution in [2.45, 2.75) is 53.1 Å². The van der Waals surface area contributed by atoms with Gasteiger partial charge in [0.25, 0.3) is 0 Å². The molecular formula is C10H21NO. The lowest BCUT2D eigenvalue weighted by Gasteiger charge is -2.22. The van der Waals surface area contributed by atoms with Crippen LogP contribution in [0.25, 0.3) is 0 Å². The van der Waals surface area contributed by atoms with Crippen LogP contribution in [0, 0.1) is 5.92 Å². The Morgan fingerprint density at radius 1 is 1.25 bits per heavy atom. The van der Waals surface area contributed by atoms with Crippen LogP contribution in [0.3, 0.4) is 0 Å². The van der Waals surface area contributed by atoms with Crippen LogP contribution in [0.5, 0.6) is 0 Å². The molecule has 0 heterocycles. The van der Waals surface area contributed by atoms with Crippen molar-refractivity contribution < 1.29 is 4.79 Å². The highest BCUT2D eigenvalue weighted by Gasteiger charge is 2.20. The van der Waals surface area contributed by atoms with Crippen molar-refractivity contribution >= 4 is 5.78 Å². The van der Waals surface area contributed by atoms with Gasteiger partial charge in [-0.3, -0.25) is 4.79 Å². The van der Waals surface area contributed by atoms with Crippen LogP contribution in [-0.2, 0) is 4.79 Å². The standard InChI is InChI=1S/C10H21NO/c1-6-9(12)10(7(2)3)11-8(4)5/h7-8,10-11H,6H2,1-5H3/t10-/m1/s1. The molecule has 0 saturated heterocycles. The van der Waals surface area contributed by atoms with E-state index in [0.717, 1.165) is 0 Å². The van der Waals surface area contributed by atoms with Crippen LogP contribution < -0.4 is 5.32 Å². The fourth-order valence-electron chi connectivity index (χ4n) is 1.24. The van der Waals surface area contributed by atoms with Crippen LogP contribution in [0.1, 0.15) is 41.0 Å². The normalized spacial score (nSPS) is 13.9. The quantitative estimate of drug-likeness (QED) is 0.685. The second-order valence-corrected chi connectivity index (χ2v) is 3.86. The van der Waals surface area contributed by atoms with Gasteiger partial charge in [-0.25, -0.2) is 0 Å². The molecule has 0 radical (unpaired) electrons. The summed E-state index contributed by atoms with van der Waals surface area (Å²) in [5.74, 6) is 0.707. The molecular weight excluding hydrogens is 150 g/mol. The van der Waals surface area contributed by atoms with Crippen molar-refractivity contribution in [3.8, 4) is 0 Å². The van der Waals surface area contributed by atoms with Gasteiger partial charge < -0.3 is 5.32 Å². The van der Waals surface area contributed by atoms with Crippen molar-refractivity contribution in [1.29, 1.82) is 0 Å². The minimum absolute atomic E-state index is 0.0370. The third kappa shape index (κ3) is 3.86. The lowest BCUT2D eigenvalue weighted by Crippen LogP contribution is -2.44. The van der Waals surface area contributed by atoms with Gasteiger partial charge in [0, 0.05) is 12.5 Å². The van der Waals surface area contributed by atoms with E-state index in [1.807, 2.05) is 6.92 Å². The second kappa shape index (κ2) is 5.31. The number of carbonyl (C=O) groups is 1. The first-order valence-corrected chi connectivity index (χ1v) is 4.77. The van der Waals surface area contributed by atoms with E-state index in [4.69, 9.17) is 0 Å². The topological polar surface area (TPSA) is 29.1 Å². The number of ketones is 1. The van der Waals surface area contributed by atoms with E-state index in [1.165, 1.54) is 0 Å². The maximum absolute atomic E-state index is 11.4. The average molecular weight is 171 g/mol. The molecule has 0 rings (SSSR count). The van der Waals surface area contributed by atoms with Crippen LogP contribution in [0.15, 0.2) is 0 Å². The Bertz CT molecular complexity index is 141. The van der Waals surface area contributed by atoms with Crippen LogP contribution in [0.2, 0.25) is 0 Å². The molecule has 1 atom stereocenters. The zero-order valence-electron chi connectivity index (χ0n) is 8.85. The average Bonchev–Trinajstić information content (AvgIpc) is 1.98. The minimum atomic E-state index is 0.0370. The molecule has 0 fully saturated rings. The molecule has 0 aliphatic rings. The second-order valence-electron chi connectivity index (χ2n) is 3.86. The molecule has 0 bridgehead atoms. The third-order valence-corrected chi connectivity index (χ3v) is 1.87. The minimum Gasteiger partial charge on any atom is -0.305 e. The van der Waals surface area contributed by atoms with E-state index in [-0.39, 0.29) is 6.04 Å². The summed E-state index contributed by atoms with van der Waals surface area (Å²) in [5.41, 5.74) is 0. The summed E-state index contributed by atoms with van der Waals surface area (Å²) in [6.45, 7) is 10.2. The fourth-order valence-corrected chi connectivity index (χ4v) is 1.24. The first kappa shape index (κ1) is 11.6. The van der Waals surface area contributed by atoms with E-state index < -0.39 is 0 Å². The first-order chi connectivity index (χ1) is 5.49. The predicted octanol–water partition coefficient (Wildman–Crippen LogP) is 1.99. The summed E-state index contributed by atoms with van der Waals surface area (Å²) >= 11 is 0. The molecule has 12 heavy (non-hydrogen) atoms. The van der Waals surface area contributed by atoms with E-state index in [0.29, 0.717) is 24.2 Å². The molecule has 0 aromatic carbocycles. The number of hydrogen-bond donors (Lipinski definition) is 1. The van der Waals surface area contributed by atoms with Crippen molar-refractivity contribution in [2.24, 2.45) is 5.92 Å². The lowest BCUT2D eigenvalue weighted by atomic mass is 9.98. The smallest absolute Gasteiger partial charge is 0.149 e. The summed E-state index contributed by atoms with van der Waals surface area (Å²) in [7, 11) is 0. The van der Waals surface area contributed by atoms with Gasteiger partial charge in [0.1, 0.15) is 5.78 Å². The molecule has 0 amide bonds. The molecule has 0 aromatic rings. The van der Waals surface area contributed by atoms with Gasteiger partial charge in [-0.15, -0.1) is 0 Å². The maximum atomic E-state index is 11.4. The van der Waals surface area contributed by atoms with Gasteiger partial charge in [0.2, 0.25) is 0 Å². The first-order valence-electron chi connectivity index (χ1n) is 4.77. The Morgan fingerprint density at radius 3 is 2.00 bits per heavy atom. The molecule has 0 aliphatic carbocycles. The van der Waals surface area contributed by atoms with E-state index in [1.54, 1.807) is 0 Å². The van der Waals surface area contributed by atoms with E-state index in [9.17, 15) is 4.79 Å². The Kier molecular flexibility index (Phi) is 5.14. The molecule has 0 saturated carbocycles. The highest BCUT2D eigenvalue weighted by Crippen LogP contribution is 2.05. The summed E-state index contributed by atoms with van der Waals surface area (Å²) in [5, 5.41) is 3.28. The molecule has 1 N–H and O–H groups in total. The van der Waals surface area contributed by atoms with Crippen LogP contribution >= 0.6 is 0 Å². The predicted molar refractivity (Wildman–Crippen MR) is 52.2 cm³/mol. The van der Waals surface area contributed by atoms with Crippen molar-refractivity contribution in [3.05, 3.63) is 0 Å². The summed E-state index contributed by atoms with van der Waals surface area (Å²) in [6, 6.07) is 0.419. The Labute approximate surface area is 75.7 Å². The number of nitrogens with one attached hydrogen (secondary N) is 1. The third-order valence-electron chi connectivity index (χ3n) is 1.87. The molecule has 2 heteroatoms. The van der Waals surface area contributed by atoms with Gasteiger partial charge in [0.15, 0.2) is 0 Å². The molecule has 2 nitrogen and oxygen atoms in total. The molecule has 0 aliphatic heterocycles. The van der Waals surface area contributed by atoms with Gasteiger partial charge >= 0.3 is 0 Å². The summed E-state index contributed by atoms with van der Waals surface area (Å²) < 4.78 is 0. The van der Waals surface area contributed by atoms with Gasteiger partial charge in [-0.2, -0.15) is 0 Å². The Hall–Kier alpha value is -0.370. The molecule has 72 valence electrons. The SMILES string of the molecule is CCC(=O)[C@H](NC(C)C)C(C)C. The van der Waals surface area contributed by atoms with E-state index >= 15 is 0 Å². The molecule has 0 aromatic heterocycles. The molecule has 0 unspecified atom stereocenters. The Balaban J connectivity index is 4.13. The van der Waals surface area contributed by atoms with Gasteiger partial charge in [0.05, 0.1) is 6.04 Å². The summed E-state index contributed by atoms with van der Waals surface area (Å²) in [6.07, 6.45) is 0.628.